The second-order valence-corrected chi connectivity index (χ2v) is 13.9. The first-order valence-corrected chi connectivity index (χ1v) is 17.5. The first-order valence-electron chi connectivity index (χ1n) is 16.2. The minimum absolute atomic E-state index is 0.0108. The van der Waals surface area contributed by atoms with Crippen LogP contribution in [-0.4, -0.2) is 55.6 Å². The number of carbonyl (C=O) groups excluding carboxylic acids is 2. The van der Waals surface area contributed by atoms with Gasteiger partial charge < -0.3 is 19.4 Å². The molecule has 0 aliphatic carbocycles. The van der Waals surface area contributed by atoms with E-state index in [1.54, 1.807) is 0 Å². The number of hydrogen-bond acceptors (Lipinski definition) is 8. The van der Waals surface area contributed by atoms with Crippen molar-refractivity contribution < 1.29 is 19.1 Å². The van der Waals surface area contributed by atoms with E-state index in [1.807, 2.05) is 41.5 Å². The Balaban J connectivity index is 1.60. The maximum atomic E-state index is 11.9. The molecular weight excluding hydrogens is 586 g/mol. The Morgan fingerprint density at radius 1 is 0.884 bits per heavy atom. The predicted molar refractivity (Wildman–Crippen MR) is 176 cm³/mol. The molecule has 0 aromatic carbocycles. The lowest BCUT2D eigenvalue weighted by molar-refractivity contribution is -0.147. The average Bonchev–Trinajstić information content (AvgIpc) is 3.21. The lowest BCUT2D eigenvalue weighted by Gasteiger charge is -2.19. The first-order chi connectivity index (χ1) is 20.5. The predicted octanol–water partition coefficient (Wildman–Crippen LogP) is 8.82. The van der Waals surface area contributed by atoms with Crippen LogP contribution in [0.5, 0.6) is 0 Å². The van der Waals surface area contributed by atoms with E-state index in [1.165, 1.54) is 76.0 Å². The zero-order valence-corrected chi connectivity index (χ0v) is 28.9. The highest BCUT2D eigenvalue weighted by molar-refractivity contribution is 7.99. The van der Waals surface area contributed by atoms with E-state index in [0.29, 0.717) is 24.4 Å². The molecule has 0 atom stereocenters. The van der Waals surface area contributed by atoms with Crippen molar-refractivity contribution in [1.29, 1.82) is 0 Å². The summed E-state index contributed by atoms with van der Waals surface area (Å²) in [5.74, 6) is 1.48. The van der Waals surface area contributed by atoms with E-state index in [2.05, 4.69) is 24.8 Å². The second kappa shape index (κ2) is 20.1. The van der Waals surface area contributed by atoms with Gasteiger partial charge in [0.25, 0.3) is 0 Å². The third-order valence-corrected chi connectivity index (χ3v) is 8.01. The summed E-state index contributed by atoms with van der Waals surface area (Å²) in [5.41, 5.74) is 1.01. The number of amides is 1. The Morgan fingerprint density at radius 3 is 2.00 bits per heavy atom. The maximum absolute atomic E-state index is 11.9. The van der Waals surface area contributed by atoms with Gasteiger partial charge >= 0.3 is 12.1 Å². The summed E-state index contributed by atoms with van der Waals surface area (Å²) in [6.45, 7) is 12.6. The highest BCUT2D eigenvalue weighted by Gasteiger charge is 2.18. The first kappa shape index (κ1) is 37.1. The van der Waals surface area contributed by atoms with Crippen LogP contribution < -0.4 is 5.32 Å². The largest absolute Gasteiger partial charge is 0.463 e. The molecule has 11 heteroatoms. The molecule has 2 aromatic heterocycles. The van der Waals surface area contributed by atoms with Gasteiger partial charge in [-0.3, -0.25) is 4.79 Å². The number of aryl methyl sites for hydroxylation is 2. The lowest BCUT2D eigenvalue weighted by atomic mass is 10.0. The van der Waals surface area contributed by atoms with Gasteiger partial charge in [-0.2, -0.15) is 4.98 Å². The van der Waals surface area contributed by atoms with Gasteiger partial charge in [0, 0.05) is 25.3 Å². The molecule has 2 aromatic rings. The number of nitrogens with zero attached hydrogens (tertiary/aromatic N) is 4. The van der Waals surface area contributed by atoms with Gasteiger partial charge in [0.05, 0.1) is 6.10 Å². The highest BCUT2D eigenvalue weighted by Crippen LogP contribution is 2.28. The van der Waals surface area contributed by atoms with Crippen LogP contribution in [0, 0.1) is 6.92 Å². The van der Waals surface area contributed by atoms with Crippen LogP contribution in [0.4, 0.5) is 4.79 Å². The van der Waals surface area contributed by atoms with Crippen LogP contribution in [0.2, 0.25) is 5.28 Å². The van der Waals surface area contributed by atoms with Crippen LogP contribution in [-0.2, 0) is 20.8 Å². The van der Waals surface area contributed by atoms with Crippen molar-refractivity contribution >= 4 is 46.6 Å². The summed E-state index contributed by atoms with van der Waals surface area (Å²) in [5, 5.41) is 3.75. The normalized spacial score (nSPS) is 11.8. The quantitative estimate of drug-likeness (QED) is 0.0474. The summed E-state index contributed by atoms with van der Waals surface area (Å²) in [4.78, 5) is 36.9. The van der Waals surface area contributed by atoms with E-state index >= 15 is 0 Å². The molecule has 0 saturated carbocycles. The highest BCUT2D eigenvalue weighted by atomic mass is 35.5. The van der Waals surface area contributed by atoms with Crippen molar-refractivity contribution in [1.82, 2.24) is 24.8 Å². The molecule has 9 nitrogen and oxygen atoms in total. The molecule has 0 fully saturated rings. The van der Waals surface area contributed by atoms with E-state index < -0.39 is 11.7 Å². The lowest BCUT2D eigenvalue weighted by Crippen LogP contribution is -2.33. The Bertz CT molecular complexity index is 1120. The third-order valence-electron chi connectivity index (χ3n) is 6.87. The van der Waals surface area contributed by atoms with Crippen LogP contribution in [0.1, 0.15) is 130 Å². The van der Waals surface area contributed by atoms with Crippen molar-refractivity contribution in [3.05, 3.63) is 11.1 Å². The van der Waals surface area contributed by atoms with Gasteiger partial charge in [-0.15, -0.1) is 11.8 Å². The van der Waals surface area contributed by atoms with Gasteiger partial charge in [-0.05, 0) is 66.0 Å². The summed E-state index contributed by atoms with van der Waals surface area (Å²) in [6, 6.07) is 0. The number of aromatic nitrogens is 4. The van der Waals surface area contributed by atoms with E-state index in [4.69, 9.17) is 21.1 Å². The Hall–Kier alpha value is -2.07. The average molecular weight is 640 g/mol. The molecule has 0 aliphatic heterocycles. The number of rotatable bonds is 21. The van der Waals surface area contributed by atoms with Crippen LogP contribution in [0.3, 0.4) is 0 Å². The number of halogens is 1. The molecule has 0 aliphatic rings. The number of nitrogens with one attached hydrogen (secondary N) is 1. The van der Waals surface area contributed by atoms with Crippen molar-refractivity contribution in [3.8, 4) is 0 Å². The number of carbonyl (C=O) groups is 2. The monoisotopic (exact) mass is 639 g/mol. The van der Waals surface area contributed by atoms with E-state index in [0.717, 1.165) is 42.2 Å². The number of unbranched alkanes of at least 4 members (excludes halogenated alkanes) is 12. The molecule has 43 heavy (non-hydrogen) atoms. The van der Waals surface area contributed by atoms with Crippen molar-refractivity contribution in [3.63, 3.8) is 0 Å². The topological polar surface area (TPSA) is 108 Å². The van der Waals surface area contributed by atoms with Gasteiger partial charge in [0.15, 0.2) is 5.65 Å². The summed E-state index contributed by atoms with van der Waals surface area (Å²) in [7, 11) is 0. The third kappa shape index (κ3) is 16.0. The second-order valence-electron chi connectivity index (χ2n) is 12.4. The van der Waals surface area contributed by atoms with E-state index in [-0.39, 0.29) is 17.4 Å². The number of alkyl carbamates (subject to hydrolysis) is 1. The maximum Gasteiger partial charge on any atom is 0.407 e. The smallest absolute Gasteiger partial charge is 0.407 e. The molecule has 0 spiro atoms. The van der Waals surface area contributed by atoms with Crippen molar-refractivity contribution in [2.75, 3.05) is 12.3 Å². The molecule has 2 heterocycles. The zero-order chi connectivity index (χ0) is 31.7. The summed E-state index contributed by atoms with van der Waals surface area (Å²) < 4.78 is 12.7. The fourth-order valence-electron chi connectivity index (χ4n) is 4.88. The summed E-state index contributed by atoms with van der Waals surface area (Å²) >= 11 is 7.73. The van der Waals surface area contributed by atoms with Crippen LogP contribution in [0.25, 0.3) is 11.2 Å². The van der Waals surface area contributed by atoms with Crippen LogP contribution in [0.15, 0.2) is 5.03 Å². The number of hydrogen-bond donors (Lipinski definition) is 1. The minimum atomic E-state index is -0.525. The SMILES string of the molecule is Cc1nc2nc(Cl)nc(SCCNC(=O)OC(C)(C)C)c2n1CCCCCCCCCCCCCCCC(=O)OC(C)C. The van der Waals surface area contributed by atoms with Gasteiger partial charge in [0.2, 0.25) is 5.28 Å². The molecule has 1 N–H and O–H groups in total. The molecule has 0 unspecified atom stereocenters. The Kier molecular flexibility index (Phi) is 17.3. The minimum Gasteiger partial charge on any atom is -0.463 e. The molecule has 244 valence electrons. The van der Waals surface area contributed by atoms with E-state index in [9.17, 15) is 9.59 Å². The molecule has 2 rings (SSSR count). The standard InChI is InChI=1S/C32H54ClN5O4S/c1-24(2)41-26(39)20-18-16-14-12-10-8-7-9-11-13-15-17-19-22-38-25(3)35-28-27(38)29(37-30(33)36-28)43-23-21-34-31(40)42-32(4,5)6/h24H,7-23H2,1-6H3,(H,34,40). The number of esters is 1. The fraction of sp³-hybridized carbons (Fsp3) is 0.781. The Labute approximate surface area is 268 Å². The zero-order valence-electron chi connectivity index (χ0n) is 27.3. The number of fused-ring (bicyclic) bond motifs is 1. The number of imidazole rings is 1. The molecular formula is C32H54ClN5O4S. The summed E-state index contributed by atoms with van der Waals surface area (Å²) in [6.07, 6.45) is 16.0. The fourth-order valence-corrected chi connectivity index (χ4v) is 5.98. The number of ether oxygens (including phenoxy) is 2. The van der Waals surface area contributed by atoms with Crippen LogP contribution >= 0.6 is 23.4 Å². The molecule has 0 radical (unpaired) electrons. The van der Waals surface area contributed by atoms with Crippen molar-refractivity contribution in [2.24, 2.45) is 0 Å². The molecule has 0 saturated heterocycles. The Morgan fingerprint density at radius 2 is 1.44 bits per heavy atom. The van der Waals surface area contributed by atoms with Gasteiger partial charge in [-0.25, -0.2) is 14.8 Å². The van der Waals surface area contributed by atoms with Gasteiger partial charge in [0.1, 0.15) is 22.0 Å². The van der Waals surface area contributed by atoms with Crippen molar-refractivity contribution in [2.45, 2.75) is 155 Å². The molecule has 1 amide bonds. The molecule has 0 bridgehead atoms. The number of thioether (sulfide) groups is 1. The van der Waals surface area contributed by atoms with Gasteiger partial charge in [-0.1, -0.05) is 70.6 Å².